The molecular weight excluding hydrogens is 401 g/mol. The molecule has 152 valence electrons. The monoisotopic (exact) mass is 418 g/mol. The van der Waals surface area contributed by atoms with Gasteiger partial charge in [0.15, 0.2) is 0 Å². The predicted octanol–water partition coefficient (Wildman–Crippen LogP) is 2.01. The molecular formula is C17H17F3N2O5S. The molecule has 1 aliphatic carbocycles. The van der Waals surface area contributed by atoms with Crippen LogP contribution < -0.4 is 11.3 Å². The number of aryl methyl sites for hydroxylation is 1. The zero-order valence-corrected chi connectivity index (χ0v) is 15.3. The molecule has 1 saturated carbocycles. The highest BCUT2D eigenvalue weighted by Gasteiger charge is 2.34. The van der Waals surface area contributed by atoms with Gasteiger partial charge in [-0.2, -0.15) is 21.6 Å². The fraction of sp³-hybridized carbons (Fsp3) is 0.412. The zero-order chi connectivity index (χ0) is 20.7. The maximum absolute atomic E-state index is 13.4. The van der Waals surface area contributed by atoms with Crippen LogP contribution in [-0.4, -0.2) is 25.5 Å². The Hall–Kier alpha value is -2.40. The molecule has 3 rings (SSSR count). The average molecular weight is 418 g/mol. The predicted molar refractivity (Wildman–Crippen MR) is 92.9 cm³/mol. The van der Waals surface area contributed by atoms with Gasteiger partial charge in [0.05, 0.1) is 22.6 Å². The Morgan fingerprint density at radius 2 is 1.93 bits per heavy atom. The van der Waals surface area contributed by atoms with Crippen LogP contribution in [0.5, 0.6) is 0 Å². The molecule has 1 heterocycles. The lowest BCUT2D eigenvalue weighted by Crippen LogP contribution is -2.25. The summed E-state index contributed by atoms with van der Waals surface area (Å²) in [7, 11) is -4.25. The molecule has 7 nitrogen and oxygen atoms in total. The topological polar surface area (TPSA) is 108 Å². The highest BCUT2D eigenvalue weighted by atomic mass is 32.2. The molecule has 1 amide bonds. The molecule has 0 unspecified atom stereocenters. The molecule has 0 aliphatic heterocycles. The van der Waals surface area contributed by atoms with Gasteiger partial charge in [0.2, 0.25) is 5.91 Å². The lowest BCUT2D eigenvalue weighted by Gasteiger charge is -2.16. The summed E-state index contributed by atoms with van der Waals surface area (Å²) < 4.78 is 70.8. The average Bonchev–Trinajstić information content (AvgIpc) is 3.41. The minimum atomic E-state index is -4.88. The number of alkyl halides is 3. The highest BCUT2D eigenvalue weighted by molar-refractivity contribution is 7.86. The standard InChI is InChI=1S/C17H17F3N2O5S/c18-17(19,20)13-8-16(24)22(6-5-15(21)23)14-4-3-11(7-12(13)14)28(25,26)27-9-10-1-2-10/h3-4,7-8,10H,1-2,5-6,9H2,(H2,21,23). The molecule has 0 radical (unpaired) electrons. The quantitative estimate of drug-likeness (QED) is 0.692. The van der Waals surface area contributed by atoms with E-state index in [2.05, 4.69) is 0 Å². The van der Waals surface area contributed by atoms with Crippen LogP contribution in [0, 0.1) is 5.92 Å². The van der Waals surface area contributed by atoms with E-state index < -0.39 is 43.6 Å². The van der Waals surface area contributed by atoms with Gasteiger partial charge in [-0.25, -0.2) is 0 Å². The number of fused-ring (bicyclic) bond motifs is 1. The van der Waals surface area contributed by atoms with E-state index in [9.17, 15) is 31.2 Å². The summed E-state index contributed by atoms with van der Waals surface area (Å²) in [6, 6.07) is 3.39. The molecule has 1 aromatic heterocycles. The second kappa shape index (κ2) is 7.21. The molecule has 2 N–H and O–H groups in total. The second-order valence-corrected chi connectivity index (χ2v) is 8.24. The number of hydrogen-bond acceptors (Lipinski definition) is 5. The van der Waals surface area contributed by atoms with Crippen LogP contribution in [0.4, 0.5) is 13.2 Å². The Morgan fingerprint density at radius 1 is 1.25 bits per heavy atom. The van der Waals surface area contributed by atoms with Crippen molar-refractivity contribution in [1.82, 2.24) is 4.57 Å². The molecule has 0 bridgehead atoms. The Balaban J connectivity index is 2.14. The van der Waals surface area contributed by atoms with Gasteiger partial charge in [0.25, 0.3) is 15.7 Å². The number of nitrogens with two attached hydrogens (primary N) is 1. The van der Waals surface area contributed by atoms with Crippen molar-refractivity contribution in [3.05, 3.63) is 40.2 Å². The summed E-state index contributed by atoms with van der Waals surface area (Å²) in [4.78, 5) is 22.7. The first kappa shape index (κ1) is 20.3. The molecule has 2 aromatic rings. The molecule has 0 saturated heterocycles. The number of primary amides is 1. The van der Waals surface area contributed by atoms with Gasteiger partial charge in [-0.15, -0.1) is 0 Å². The summed E-state index contributed by atoms with van der Waals surface area (Å²) >= 11 is 0. The lowest BCUT2D eigenvalue weighted by atomic mass is 10.1. The molecule has 0 spiro atoms. The van der Waals surface area contributed by atoms with E-state index in [0.29, 0.717) is 6.07 Å². The van der Waals surface area contributed by atoms with Gasteiger partial charge in [-0.05, 0) is 37.0 Å². The van der Waals surface area contributed by atoms with Crippen LogP contribution in [-0.2, 0) is 31.8 Å². The Kier molecular flexibility index (Phi) is 5.24. The van der Waals surface area contributed by atoms with Gasteiger partial charge >= 0.3 is 6.18 Å². The van der Waals surface area contributed by atoms with Gasteiger partial charge in [-0.3, -0.25) is 13.8 Å². The number of nitrogens with zero attached hydrogens (tertiary/aromatic N) is 1. The van der Waals surface area contributed by atoms with Crippen LogP contribution in [0.2, 0.25) is 0 Å². The van der Waals surface area contributed by atoms with Crippen LogP contribution in [0.25, 0.3) is 10.9 Å². The van der Waals surface area contributed by atoms with Crippen molar-refractivity contribution >= 4 is 26.9 Å². The maximum atomic E-state index is 13.4. The zero-order valence-electron chi connectivity index (χ0n) is 14.5. The number of carbonyl (C=O) groups excluding carboxylic acids is 1. The third-order valence-corrected chi connectivity index (χ3v) is 5.69. The normalized spacial score (nSPS) is 15.1. The van der Waals surface area contributed by atoms with Crippen LogP contribution in [0.1, 0.15) is 24.8 Å². The van der Waals surface area contributed by atoms with E-state index in [-0.39, 0.29) is 31.0 Å². The number of aromatic nitrogens is 1. The number of benzene rings is 1. The van der Waals surface area contributed by atoms with Gasteiger partial charge in [0, 0.05) is 24.4 Å². The summed E-state index contributed by atoms with van der Waals surface area (Å²) in [5, 5.41) is -0.479. The first-order valence-corrected chi connectivity index (χ1v) is 9.82. The fourth-order valence-corrected chi connectivity index (χ4v) is 3.75. The highest BCUT2D eigenvalue weighted by Crippen LogP contribution is 2.35. The largest absolute Gasteiger partial charge is 0.417 e. The van der Waals surface area contributed by atoms with Crippen molar-refractivity contribution < 1.29 is 30.6 Å². The van der Waals surface area contributed by atoms with Crippen molar-refractivity contribution in [1.29, 1.82) is 0 Å². The van der Waals surface area contributed by atoms with E-state index in [0.717, 1.165) is 35.6 Å². The van der Waals surface area contributed by atoms with E-state index in [4.69, 9.17) is 9.92 Å². The number of carbonyl (C=O) groups is 1. The van der Waals surface area contributed by atoms with Crippen molar-refractivity contribution in [3.8, 4) is 0 Å². The van der Waals surface area contributed by atoms with E-state index >= 15 is 0 Å². The molecule has 11 heteroatoms. The molecule has 1 aromatic carbocycles. The number of amides is 1. The van der Waals surface area contributed by atoms with Crippen LogP contribution in [0.15, 0.2) is 34.0 Å². The lowest BCUT2D eigenvalue weighted by molar-refractivity contribution is -0.136. The second-order valence-electron chi connectivity index (χ2n) is 6.62. The number of hydrogen-bond donors (Lipinski definition) is 1. The Bertz CT molecular complexity index is 1090. The van der Waals surface area contributed by atoms with E-state index in [1.54, 1.807) is 0 Å². The van der Waals surface area contributed by atoms with Crippen molar-refractivity contribution in [2.75, 3.05) is 6.61 Å². The molecule has 1 aliphatic rings. The van der Waals surface area contributed by atoms with Crippen LogP contribution >= 0.6 is 0 Å². The van der Waals surface area contributed by atoms with Gasteiger partial charge < -0.3 is 10.3 Å². The van der Waals surface area contributed by atoms with Gasteiger partial charge in [-0.1, -0.05) is 0 Å². The third kappa shape index (κ3) is 4.36. The van der Waals surface area contributed by atoms with Crippen molar-refractivity contribution in [2.24, 2.45) is 11.7 Å². The SMILES string of the molecule is NC(=O)CCn1c(=O)cc(C(F)(F)F)c2cc(S(=O)(=O)OCC3CC3)ccc21. The molecule has 28 heavy (non-hydrogen) atoms. The van der Waals surface area contributed by atoms with E-state index in [1.807, 2.05) is 0 Å². The summed E-state index contributed by atoms with van der Waals surface area (Å²) in [5.41, 5.74) is 2.66. The maximum Gasteiger partial charge on any atom is 0.417 e. The third-order valence-electron chi connectivity index (χ3n) is 4.41. The fourth-order valence-electron chi connectivity index (χ4n) is 2.75. The number of halogens is 3. The smallest absolute Gasteiger partial charge is 0.370 e. The first-order valence-electron chi connectivity index (χ1n) is 8.41. The number of rotatable bonds is 7. The van der Waals surface area contributed by atoms with Crippen molar-refractivity contribution in [2.45, 2.75) is 36.9 Å². The van der Waals surface area contributed by atoms with Crippen molar-refractivity contribution in [3.63, 3.8) is 0 Å². The molecule has 1 fully saturated rings. The Labute approximate surface area is 158 Å². The summed E-state index contributed by atoms with van der Waals surface area (Å²) in [5.74, 6) is -0.590. The van der Waals surface area contributed by atoms with E-state index in [1.165, 1.54) is 0 Å². The van der Waals surface area contributed by atoms with Crippen LogP contribution in [0.3, 0.4) is 0 Å². The number of pyridine rings is 1. The Morgan fingerprint density at radius 3 is 2.50 bits per heavy atom. The minimum Gasteiger partial charge on any atom is -0.370 e. The summed E-state index contributed by atoms with van der Waals surface area (Å²) in [6.07, 6.45) is -3.45. The molecule has 0 atom stereocenters. The first-order chi connectivity index (χ1) is 13.0. The minimum absolute atomic E-state index is 0.0232. The van der Waals surface area contributed by atoms with Gasteiger partial charge in [0.1, 0.15) is 0 Å². The summed E-state index contributed by atoms with van der Waals surface area (Å²) in [6.45, 7) is -0.252.